The Kier molecular flexibility index (Phi) is 21.9. The van der Waals surface area contributed by atoms with Gasteiger partial charge in [0.1, 0.15) is 0 Å². The van der Waals surface area contributed by atoms with Gasteiger partial charge in [0, 0.05) is 27.5 Å². The number of carbonyl (C=O) groups is 2. The Morgan fingerprint density at radius 3 is 1.55 bits per heavy atom. The van der Waals surface area contributed by atoms with Crippen molar-refractivity contribution in [2.75, 3.05) is 11.9 Å². The van der Waals surface area contributed by atoms with Crippen molar-refractivity contribution in [1.82, 2.24) is 0 Å². The van der Waals surface area contributed by atoms with Crippen LogP contribution in [0.4, 0.5) is 0 Å². The van der Waals surface area contributed by atoms with E-state index in [2.05, 4.69) is 26.0 Å². The molecule has 2 aromatic rings. The van der Waals surface area contributed by atoms with Crippen LogP contribution in [0.5, 0.6) is 0 Å². The molecule has 0 aliphatic carbocycles. The predicted molar refractivity (Wildman–Crippen MR) is 118 cm³/mol. The van der Waals surface area contributed by atoms with Crippen molar-refractivity contribution in [3.8, 4) is 0 Å². The molecule has 0 aliphatic heterocycles. The fourth-order valence-electron chi connectivity index (χ4n) is 1.54. The molecule has 0 bridgehead atoms. The Hall–Kier alpha value is -1.54. The average molecular weight is 512 g/mol. The molecular weight excluding hydrogens is 494 g/mol. The summed E-state index contributed by atoms with van der Waals surface area (Å²) in [5, 5.41) is 4.74. The van der Waals surface area contributed by atoms with Crippen molar-refractivity contribution in [2.45, 2.75) is 7.43 Å². The van der Waals surface area contributed by atoms with Gasteiger partial charge in [0.05, 0.1) is 11.9 Å². The molecular formula is C17H18BrCl2N6NaO2. The molecule has 150 valence electrons. The molecule has 0 heterocycles. The summed E-state index contributed by atoms with van der Waals surface area (Å²) >= 11 is 14.4. The Morgan fingerprint density at radius 1 is 0.897 bits per heavy atom. The molecule has 0 amide bonds. The van der Waals surface area contributed by atoms with Crippen LogP contribution < -0.4 is 29.6 Å². The van der Waals surface area contributed by atoms with Gasteiger partial charge < -0.3 is 11.1 Å². The SMILES string of the molecule is C.O=C(CBr)c1ccc(Cl)cc1.[HH].[N-]=[N+]=NCC(=O)c1ccc(Cl)cc1.[N-]=[N+]=[N-].[Na+]. The van der Waals surface area contributed by atoms with E-state index in [1.54, 1.807) is 48.5 Å². The van der Waals surface area contributed by atoms with Gasteiger partial charge in [-0.15, -0.1) is 0 Å². The van der Waals surface area contributed by atoms with Gasteiger partial charge in [-0.2, -0.15) is 0 Å². The summed E-state index contributed by atoms with van der Waals surface area (Å²) in [6.07, 6.45) is 0. The van der Waals surface area contributed by atoms with Gasteiger partial charge in [-0.1, -0.05) is 51.7 Å². The van der Waals surface area contributed by atoms with E-state index in [0.717, 1.165) is 0 Å². The summed E-state index contributed by atoms with van der Waals surface area (Å²) < 4.78 is 0. The van der Waals surface area contributed by atoms with Crippen molar-refractivity contribution in [3.05, 3.63) is 96.1 Å². The number of benzene rings is 2. The smallest absolute Gasteiger partial charge is 0.373 e. The standard InChI is InChI=1S/C8H6BrClO.C8H6ClN3O.CH4.N3.Na.H2/c9-5-8(11)6-1-3-7(10)4-2-6;9-7-3-1-6(2-4-7)8(13)5-11-12-10;;1-3-2;;/h1-4H,5H2;1-4H,5H2;1H4;;;1H/q;;;-1;+1;. The van der Waals surface area contributed by atoms with E-state index in [-0.39, 0.29) is 56.5 Å². The number of nitrogens with zero attached hydrogens (tertiary/aromatic N) is 6. The second kappa shape index (κ2) is 19.8. The first-order valence-electron chi connectivity index (χ1n) is 7.02. The number of ketones is 2. The molecule has 0 fully saturated rings. The van der Waals surface area contributed by atoms with Crippen LogP contribution in [0.2, 0.25) is 10.0 Å². The molecule has 2 aromatic carbocycles. The molecule has 0 unspecified atom stereocenters. The number of rotatable bonds is 5. The molecule has 12 heteroatoms. The van der Waals surface area contributed by atoms with E-state index in [0.29, 0.717) is 26.5 Å². The van der Waals surface area contributed by atoms with Crippen LogP contribution in [0.3, 0.4) is 0 Å². The van der Waals surface area contributed by atoms with Gasteiger partial charge in [-0.25, -0.2) is 0 Å². The van der Waals surface area contributed by atoms with Crippen molar-refractivity contribution in [2.24, 2.45) is 5.11 Å². The summed E-state index contributed by atoms with van der Waals surface area (Å²) in [6, 6.07) is 13.3. The van der Waals surface area contributed by atoms with Gasteiger partial charge in [-0.05, 0) is 54.1 Å². The zero-order valence-electron chi connectivity index (χ0n) is 14.7. The number of azide groups is 1. The average Bonchev–Trinajstić information content (AvgIpc) is 2.68. The number of hydrogen-bond donors (Lipinski definition) is 0. The van der Waals surface area contributed by atoms with E-state index in [9.17, 15) is 9.59 Å². The maximum atomic E-state index is 11.2. The Morgan fingerprint density at radius 2 is 1.24 bits per heavy atom. The molecule has 2 rings (SSSR count). The third-order valence-electron chi connectivity index (χ3n) is 2.73. The molecule has 0 radical (unpaired) electrons. The second-order valence-corrected chi connectivity index (χ2v) is 5.91. The minimum Gasteiger partial charge on any atom is -0.373 e. The fourth-order valence-corrected chi connectivity index (χ4v) is 2.11. The monoisotopic (exact) mass is 510 g/mol. The topological polar surface area (TPSA) is 142 Å². The van der Waals surface area contributed by atoms with Crippen molar-refractivity contribution in [1.29, 1.82) is 0 Å². The molecule has 0 aromatic heterocycles. The molecule has 29 heavy (non-hydrogen) atoms. The first kappa shape index (κ1) is 32.1. The molecule has 0 atom stereocenters. The molecule has 0 aliphatic rings. The van der Waals surface area contributed by atoms with Crippen LogP contribution in [0.1, 0.15) is 29.6 Å². The van der Waals surface area contributed by atoms with Crippen LogP contribution in [0.25, 0.3) is 26.4 Å². The Bertz CT molecular complexity index is 844. The zero-order chi connectivity index (χ0) is 20.7. The van der Waals surface area contributed by atoms with Gasteiger partial charge >= 0.3 is 29.6 Å². The van der Waals surface area contributed by atoms with E-state index < -0.39 is 0 Å². The van der Waals surface area contributed by atoms with Crippen molar-refractivity contribution >= 4 is 50.7 Å². The number of carbonyl (C=O) groups excluding carboxylic acids is 2. The largest absolute Gasteiger partial charge is 1.00 e. The summed E-state index contributed by atoms with van der Waals surface area (Å²) in [7, 11) is 0. The van der Waals surface area contributed by atoms with Gasteiger partial charge in [0.2, 0.25) is 0 Å². The molecule has 0 saturated heterocycles. The van der Waals surface area contributed by atoms with Crippen LogP contribution in [-0.4, -0.2) is 23.4 Å². The molecule has 0 saturated carbocycles. The summed E-state index contributed by atoms with van der Waals surface area (Å²) in [6.45, 7) is -0.155. The summed E-state index contributed by atoms with van der Waals surface area (Å²) in [5.74, 6) is -0.142. The first-order chi connectivity index (χ1) is 12.9. The van der Waals surface area contributed by atoms with Gasteiger partial charge in [0.25, 0.3) is 0 Å². The third kappa shape index (κ3) is 15.0. The van der Waals surface area contributed by atoms with Gasteiger partial charge in [-0.3, -0.25) is 14.5 Å². The van der Waals surface area contributed by atoms with Crippen LogP contribution in [0, 0.1) is 0 Å². The van der Waals surface area contributed by atoms with Crippen molar-refractivity contribution in [3.63, 3.8) is 0 Å². The van der Waals surface area contributed by atoms with E-state index in [1.807, 2.05) is 0 Å². The Labute approximate surface area is 210 Å². The number of halogens is 3. The minimum absolute atomic E-state index is 0. The minimum atomic E-state index is -0.213. The first-order valence-corrected chi connectivity index (χ1v) is 8.90. The zero-order valence-corrected chi connectivity index (χ0v) is 19.8. The fraction of sp³-hybridized carbons (Fsp3) is 0.176. The second-order valence-electron chi connectivity index (χ2n) is 4.47. The Balaban J connectivity index is -0.000000184. The number of hydrogen-bond acceptors (Lipinski definition) is 3. The molecule has 0 N–H and O–H groups in total. The van der Waals surface area contributed by atoms with Crippen LogP contribution in [0.15, 0.2) is 53.6 Å². The van der Waals surface area contributed by atoms with E-state index >= 15 is 0 Å². The molecule has 0 spiro atoms. The summed E-state index contributed by atoms with van der Waals surface area (Å²) in [4.78, 5) is 26.2. The summed E-state index contributed by atoms with van der Waals surface area (Å²) in [5.41, 5.74) is 22.7. The van der Waals surface area contributed by atoms with Crippen molar-refractivity contribution < 1.29 is 40.6 Å². The number of alkyl halides is 1. The molecule has 8 nitrogen and oxygen atoms in total. The van der Waals surface area contributed by atoms with Crippen LogP contribution >= 0.6 is 39.1 Å². The van der Waals surface area contributed by atoms with Crippen LogP contribution in [-0.2, 0) is 0 Å². The van der Waals surface area contributed by atoms with E-state index in [1.165, 1.54) is 4.91 Å². The normalized spacial score (nSPS) is 7.97. The maximum Gasteiger partial charge on any atom is 1.00 e. The predicted octanol–water partition coefficient (Wildman–Crippen LogP) is 4.50. The number of Topliss-reactive ketones (excluding diaryl/α,β-unsaturated/α-hetero) is 2. The third-order valence-corrected chi connectivity index (χ3v) is 3.74. The van der Waals surface area contributed by atoms with E-state index in [4.69, 9.17) is 39.8 Å². The van der Waals surface area contributed by atoms with Gasteiger partial charge in [0.15, 0.2) is 11.6 Å². The maximum absolute atomic E-state index is 11.2. The quantitative estimate of drug-likeness (QED) is 0.145.